The molecule has 9 aromatic carbocycles. The first-order valence-corrected chi connectivity index (χ1v) is 19.9. The van der Waals surface area contributed by atoms with E-state index in [1.54, 1.807) is 0 Å². The molecule has 0 amide bonds. The zero-order valence-corrected chi connectivity index (χ0v) is 32.8. The smallest absolute Gasteiger partial charge is 0.187 e. The van der Waals surface area contributed by atoms with Crippen molar-refractivity contribution in [3.05, 3.63) is 222 Å². The topological polar surface area (TPSA) is 34.6 Å². The second kappa shape index (κ2) is 14.2. The van der Waals surface area contributed by atoms with Crippen molar-refractivity contribution in [3.8, 4) is 28.3 Å². The van der Waals surface area contributed by atoms with Crippen molar-refractivity contribution in [1.82, 2.24) is 0 Å². The van der Waals surface area contributed by atoms with E-state index < -0.39 is 0 Å². The van der Waals surface area contributed by atoms with E-state index in [4.69, 9.17) is 6.57 Å². The van der Waals surface area contributed by atoms with Crippen LogP contribution in [0.3, 0.4) is 0 Å². The van der Waals surface area contributed by atoms with Gasteiger partial charge >= 0.3 is 0 Å². The molecule has 0 N–H and O–H groups in total. The van der Waals surface area contributed by atoms with E-state index in [1.165, 1.54) is 38.6 Å². The SMILES string of the molecule is [C-]#[N+]c1ccc(N(c2ccccc2)c2cc3c(c4ccccc24)-c2c(cc(N(c4ccc(C#N)cc4)c4ccc(-c5ccccc5)cc4)c4ccccc24)C3(C)C)cc1. The number of benzene rings is 9. The van der Waals surface area contributed by atoms with Crippen molar-refractivity contribution < 1.29 is 0 Å². The number of nitrogens with zero attached hydrogens (tertiary/aromatic N) is 4. The first kappa shape index (κ1) is 35.5. The van der Waals surface area contributed by atoms with Crippen molar-refractivity contribution in [2.24, 2.45) is 0 Å². The highest BCUT2D eigenvalue weighted by Gasteiger charge is 2.40. The number of anilines is 6. The molecular weight excluding hydrogens is 717 g/mol. The van der Waals surface area contributed by atoms with Crippen LogP contribution in [0.1, 0.15) is 30.5 Å². The molecular formula is C55H38N4. The summed E-state index contributed by atoms with van der Waals surface area (Å²) in [5.74, 6) is 0. The molecule has 0 spiro atoms. The van der Waals surface area contributed by atoms with Gasteiger partial charge in [0.05, 0.1) is 29.6 Å². The number of hydrogen-bond donors (Lipinski definition) is 0. The van der Waals surface area contributed by atoms with Gasteiger partial charge in [-0.05, 0) is 117 Å². The molecule has 0 aromatic heterocycles. The highest BCUT2D eigenvalue weighted by Crippen LogP contribution is 2.58. The van der Waals surface area contributed by atoms with Gasteiger partial charge in [0, 0.05) is 38.9 Å². The van der Waals surface area contributed by atoms with Gasteiger partial charge < -0.3 is 9.80 Å². The minimum absolute atomic E-state index is 0.383. The second-order valence-electron chi connectivity index (χ2n) is 15.6. The van der Waals surface area contributed by atoms with E-state index in [2.05, 4.69) is 168 Å². The maximum atomic E-state index is 9.73. The molecule has 0 saturated carbocycles. The third-order valence-electron chi connectivity index (χ3n) is 11.9. The molecule has 59 heavy (non-hydrogen) atoms. The zero-order chi connectivity index (χ0) is 40.1. The molecule has 10 rings (SSSR count). The lowest BCUT2D eigenvalue weighted by Crippen LogP contribution is -2.18. The Kier molecular flexibility index (Phi) is 8.56. The van der Waals surface area contributed by atoms with Crippen molar-refractivity contribution in [2.45, 2.75) is 19.3 Å². The summed E-state index contributed by atoms with van der Waals surface area (Å²) >= 11 is 0. The summed E-state index contributed by atoms with van der Waals surface area (Å²) in [7, 11) is 0. The average molecular weight is 755 g/mol. The monoisotopic (exact) mass is 754 g/mol. The Morgan fingerprint density at radius 2 is 0.847 bits per heavy atom. The lowest BCUT2D eigenvalue weighted by atomic mass is 9.81. The maximum absolute atomic E-state index is 9.73. The zero-order valence-electron chi connectivity index (χ0n) is 32.8. The molecule has 0 bridgehead atoms. The third-order valence-corrected chi connectivity index (χ3v) is 11.9. The summed E-state index contributed by atoms with van der Waals surface area (Å²) in [5, 5.41) is 14.4. The number of hydrogen-bond acceptors (Lipinski definition) is 3. The van der Waals surface area contributed by atoms with Gasteiger partial charge in [-0.2, -0.15) is 5.26 Å². The predicted octanol–water partition coefficient (Wildman–Crippen LogP) is 15.3. The average Bonchev–Trinajstić information content (AvgIpc) is 3.53. The first-order valence-electron chi connectivity index (χ1n) is 19.9. The Morgan fingerprint density at radius 3 is 1.32 bits per heavy atom. The van der Waals surface area contributed by atoms with Gasteiger partial charge in [0.25, 0.3) is 0 Å². The first-order chi connectivity index (χ1) is 28.9. The molecule has 4 nitrogen and oxygen atoms in total. The number of rotatable bonds is 7. The summed E-state index contributed by atoms with van der Waals surface area (Å²) in [4.78, 5) is 8.34. The van der Waals surface area contributed by atoms with E-state index in [0.717, 1.165) is 50.5 Å². The van der Waals surface area contributed by atoms with E-state index in [-0.39, 0.29) is 5.41 Å². The van der Waals surface area contributed by atoms with Gasteiger partial charge in [0.1, 0.15) is 0 Å². The van der Waals surface area contributed by atoms with Crippen LogP contribution in [-0.2, 0) is 5.41 Å². The summed E-state index contributed by atoms with van der Waals surface area (Å²) in [6, 6.07) is 70.2. The molecule has 0 aliphatic heterocycles. The Hall–Kier alpha value is -7.92. The number of nitriles is 1. The van der Waals surface area contributed by atoms with Crippen molar-refractivity contribution in [3.63, 3.8) is 0 Å². The standard InChI is InChI=1S/C55H38N4/c1-55(2)49-34-51(58(41-16-8-5-9-17-41)44-32-26-40(57-3)27-33-44)45-18-10-12-20-47(45)53(49)54-48-21-13-11-19-46(48)52(35-50(54)55)59(42-28-22-37(36-56)23-29-42)43-30-24-39(25-31-43)38-14-6-4-7-15-38/h4-35H,1-2H3. The third kappa shape index (κ3) is 5.90. The van der Waals surface area contributed by atoms with E-state index in [9.17, 15) is 5.26 Å². The molecule has 0 heterocycles. The fourth-order valence-electron chi connectivity index (χ4n) is 8.98. The van der Waals surface area contributed by atoms with Crippen molar-refractivity contribution in [2.75, 3.05) is 9.80 Å². The molecule has 278 valence electrons. The molecule has 1 aliphatic carbocycles. The molecule has 0 atom stereocenters. The highest BCUT2D eigenvalue weighted by molar-refractivity contribution is 6.17. The van der Waals surface area contributed by atoms with Crippen LogP contribution in [0.5, 0.6) is 0 Å². The molecule has 4 heteroatoms. The van der Waals surface area contributed by atoms with Gasteiger partial charge in [-0.15, -0.1) is 0 Å². The van der Waals surface area contributed by atoms with Crippen LogP contribution in [0.2, 0.25) is 0 Å². The Balaban J connectivity index is 1.22. The van der Waals surface area contributed by atoms with Gasteiger partial charge in [-0.1, -0.05) is 135 Å². The Morgan fingerprint density at radius 1 is 0.458 bits per heavy atom. The highest BCUT2D eigenvalue weighted by atomic mass is 15.1. The molecule has 1 aliphatic rings. The minimum atomic E-state index is -0.383. The summed E-state index contributed by atoms with van der Waals surface area (Å²) in [5.41, 5.74) is 14.4. The largest absolute Gasteiger partial charge is 0.310 e. The van der Waals surface area contributed by atoms with Crippen LogP contribution < -0.4 is 9.80 Å². The van der Waals surface area contributed by atoms with Crippen LogP contribution >= 0.6 is 0 Å². The van der Waals surface area contributed by atoms with Crippen molar-refractivity contribution in [1.29, 1.82) is 5.26 Å². The van der Waals surface area contributed by atoms with Crippen LogP contribution in [0.25, 0.3) is 48.6 Å². The van der Waals surface area contributed by atoms with Gasteiger partial charge in [-0.3, -0.25) is 0 Å². The second-order valence-corrected chi connectivity index (χ2v) is 15.6. The molecule has 0 saturated heterocycles. The molecule has 9 aromatic rings. The number of fused-ring (bicyclic) bond motifs is 7. The lowest BCUT2D eigenvalue weighted by molar-refractivity contribution is 0.661. The van der Waals surface area contributed by atoms with Crippen LogP contribution in [-0.4, -0.2) is 0 Å². The summed E-state index contributed by atoms with van der Waals surface area (Å²) < 4.78 is 0. The van der Waals surface area contributed by atoms with Gasteiger partial charge in [-0.25, -0.2) is 4.85 Å². The van der Waals surface area contributed by atoms with E-state index in [0.29, 0.717) is 11.3 Å². The fourth-order valence-corrected chi connectivity index (χ4v) is 8.98. The van der Waals surface area contributed by atoms with Gasteiger partial charge in [0.15, 0.2) is 5.69 Å². The van der Waals surface area contributed by atoms with Crippen LogP contribution in [0.4, 0.5) is 39.8 Å². The van der Waals surface area contributed by atoms with Crippen molar-refractivity contribution >= 4 is 61.4 Å². The number of para-hydroxylation sites is 1. The quantitative estimate of drug-likeness (QED) is 0.152. The van der Waals surface area contributed by atoms with E-state index in [1.807, 2.05) is 60.7 Å². The Labute approximate surface area is 344 Å². The Bertz CT molecular complexity index is 3120. The summed E-state index contributed by atoms with van der Waals surface area (Å²) in [6.07, 6.45) is 0. The molecule has 0 fully saturated rings. The normalized spacial score (nSPS) is 12.3. The molecule has 0 radical (unpaired) electrons. The predicted molar refractivity (Wildman–Crippen MR) is 245 cm³/mol. The summed E-state index contributed by atoms with van der Waals surface area (Å²) in [6.45, 7) is 12.3. The van der Waals surface area contributed by atoms with Crippen LogP contribution in [0.15, 0.2) is 194 Å². The van der Waals surface area contributed by atoms with E-state index >= 15 is 0 Å². The lowest BCUT2D eigenvalue weighted by Gasteiger charge is -2.30. The minimum Gasteiger partial charge on any atom is -0.310 e. The molecule has 0 unspecified atom stereocenters. The van der Waals surface area contributed by atoms with Crippen LogP contribution in [0, 0.1) is 17.9 Å². The van der Waals surface area contributed by atoms with Gasteiger partial charge in [0.2, 0.25) is 0 Å². The maximum Gasteiger partial charge on any atom is 0.187 e. The fraction of sp³-hybridized carbons (Fsp3) is 0.0545.